The van der Waals surface area contributed by atoms with Gasteiger partial charge < -0.3 is 24.7 Å². The minimum atomic E-state index is -5.14. The van der Waals surface area contributed by atoms with Gasteiger partial charge in [-0.1, -0.05) is 0 Å². The van der Waals surface area contributed by atoms with Crippen LogP contribution < -0.4 is 9.79 Å². The fraction of sp³-hybridized carbons (Fsp3) is 0. The van der Waals surface area contributed by atoms with Gasteiger partial charge in [0, 0.05) is 0 Å². The second kappa shape index (κ2) is 8.21. The molecule has 0 fully saturated rings. The third-order valence-corrected chi connectivity index (χ3v) is 0. The summed E-state index contributed by atoms with van der Waals surface area (Å²) in [5.74, 6) is 0. The minimum absolute atomic E-state index is 0. The zero-order valence-electron chi connectivity index (χ0n) is 3.54. The van der Waals surface area contributed by atoms with Crippen molar-refractivity contribution < 1.29 is 61.3 Å². The first-order chi connectivity index (χ1) is 2.00. The van der Waals surface area contributed by atoms with Crippen LogP contribution in [-0.4, -0.2) is 4.89 Å². The first kappa shape index (κ1) is 22.9. The van der Waals surface area contributed by atoms with E-state index in [4.69, 9.17) is 19.2 Å². The quantitative estimate of drug-likeness (QED) is 0.379. The van der Waals surface area contributed by atoms with Gasteiger partial charge >= 0.3 is 36.5 Å². The van der Waals surface area contributed by atoms with Gasteiger partial charge in [-0.05, 0) is 0 Å². The van der Waals surface area contributed by atoms with E-state index in [9.17, 15) is 0 Å². The van der Waals surface area contributed by atoms with Crippen LogP contribution in [0.3, 0.4) is 0 Å². The molecule has 0 aromatic heterocycles. The first-order valence-corrected chi connectivity index (χ1v) is 2.24. The van der Waals surface area contributed by atoms with Gasteiger partial charge in [-0.25, -0.2) is 0 Å². The largest absolute Gasteiger partial charge is 2.00 e. The molecule has 0 saturated heterocycles. The van der Waals surface area contributed by atoms with Crippen LogP contribution in [0.4, 0.5) is 0 Å². The number of phosphoric acid groups is 1. The van der Waals surface area contributed by atoms with E-state index >= 15 is 0 Å². The summed E-state index contributed by atoms with van der Waals surface area (Å²) in [4.78, 5) is 24.3. The van der Waals surface area contributed by atoms with Crippen LogP contribution in [0, 0.1) is 0 Å². The summed E-state index contributed by atoms with van der Waals surface area (Å²) in [6.07, 6.45) is 0. The normalized spacial score (nSPS) is 7.38. The predicted molar refractivity (Wildman–Crippen MR) is 10.5 cm³/mol. The molecule has 1 radical (unpaired) electrons. The Bertz CT molecular complexity index is 58.6. The summed E-state index contributed by atoms with van der Waals surface area (Å²) in [6, 6.07) is 0. The summed E-state index contributed by atoms with van der Waals surface area (Å²) >= 11 is 0. The second-order valence-electron chi connectivity index (χ2n) is 0.469. The zero-order valence-corrected chi connectivity index (χ0v) is 8.34. The van der Waals surface area contributed by atoms with Crippen LogP contribution in [0.2, 0.25) is 0 Å². The maximum Gasteiger partial charge on any atom is 2.00 e. The van der Waals surface area contributed by atoms with Gasteiger partial charge in [-0.15, -0.1) is 0 Å². The van der Waals surface area contributed by atoms with Crippen LogP contribution in [0.25, 0.3) is 0 Å². The molecule has 1 N–H and O–H groups in total. The molecular weight excluding hydrogens is 240 g/mol. The third-order valence-electron chi connectivity index (χ3n) is 0. The molecule has 0 aliphatic rings. The summed E-state index contributed by atoms with van der Waals surface area (Å²) in [5, 5.41) is 0. The zero-order chi connectivity index (χ0) is 4.50. The van der Waals surface area contributed by atoms with Crippen molar-refractivity contribution >= 4 is 7.82 Å². The topological polar surface area (TPSA) is 112 Å². The molecular formula is HCuO5PZn. The molecule has 0 amide bonds. The Morgan fingerprint density at radius 1 is 1.38 bits per heavy atom. The van der Waals surface area contributed by atoms with Gasteiger partial charge in [0.2, 0.25) is 0 Å². The number of rotatable bonds is 0. The Kier molecular flexibility index (Phi) is 23.5. The van der Waals surface area contributed by atoms with Gasteiger partial charge in [-0.3, -0.25) is 0 Å². The molecule has 8 heavy (non-hydrogen) atoms. The van der Waals surface area contributed by atoms with E-state index in [2.05, 4.69) is 0 Å². The fourth-order valence-corrected chi connectivity index (χ4v) is 0. The molecule has 0 atom stereocenters. The molecule has 8 heteroatoms. The molecule has 0 spiro atoms. The van der Waals surface area contributed by atoms with Gasteiger partial charge in [0.15, 0.2) is 0 Å². The summed E-state index contributed by atoms with van der Waals surface area (Å²) in [5.41, 5.74) is 0. The van der Waals surface area contributed by atoms with Crippen molar-refractivity contribution in [3.05, 3.63) is 0 Å². The number of hydrogen-bond donors (Lipinski definition) is 1. The van der Waals surface area contributed by atoms with E-state index in [-0.39, 0.29) is 42.0 Å². The van der Waals surface area contributed by atoms with Crippen LogP contribution in [0.15, 0.2) is 0 Å². The van der Waals surface area contributed by atoms with Gasteiger partial charge in [0.25, 0.3) is 0 Å². The van der Waals surface area contributed by atoms with Crippen molar-refractivity contribution in [2.45, 2.75) is 0 Å². The Balaban J connectivity index is -0.0000000267. The minimum Gasteiger partial charge on any atom is -2.00 e. The molecule has 0 aliphatic heterocycles. The predicted octanol–water partition coefficient (Wildman–Crippen LogP) is -2.32. The van der Waals surface area contributed by atoms with Gasteiger partial charge in [0.1, 0.15) is 0 Å². The monoisotopic (exact) mass is 239 g/mol. The molecule has 0 rings (SSSR count). The van der Waals surface area contributed by atoms with E-state index in [1.807, 2.05) is 0 Å². The van der Waals surface area contributed by atoms with E-state index < -0.39 is 7.82 Å². The maximum absolute atomic E-state index is 8.66. The average molecular weight is 241 g/mol. The Hall–Kier alpha value is 1.21. The third kappa shape index (κ3) is 189. The van der Waals surface area contributed by atoms with E-state index in [1.54, 1.807) is 0 Å². The molecule has 5 nitrogen and oxygen atoms in total. The molecule has 0 aliphatic carbocycles. The number of hydrogen-bond acceptors (Lipinski definition) is 3. The molecule has 0 unspecified atom stereocenters. The van der Waals surface area contributed by atoms with Gasteiger partial charge in [0.05, 0.1) is 7.82 Å². The van der Waals surface area contributed by atoms with Crippen molar-refractivity contribution in [3.63, 3.8) is 0 Å². The molecule has 0 saturated carbocycles. The van der Waals surface area contributed by atoms with E-state index in [0.717, 1.165) is 0 Å². The van der Waals surface area contributed by atoms with E-state index in [0.29, 0.717) is 0 Å². The first-order valence-electron chi connectivity index (χ1n) is 0.748. The van der Waals surface area contributed by atoms with Crippen molar-refractivity contribution in [2.75, 3.05) is 0 Å². The Morgan fingerprint density at radius 2 is 1.38 bits per heavy atom. The van der Waals surface area contributed by atoms with Gasteiger partial charge in [-0.2, -0.15) is 0 Å². The maximum atomic E-state index is 8.66. The van der Waals surface area contributed by atoms with Crippen LogP contribution in [0.1, 0.15) is 0 Å². The molecule has 0 aromatic carbocycles. The smallest absolute Gasteiger partial charge is 2.00 e. The Labute approximate surface area is 69.3 Å². The molecule has 0 bridgehead atoms. The average Bonchev–Trinajstić information content (AvgIpc) is 0.722. The second-order valence-corrected chi connectivity index (χ2v) is 1.41. The SMILES string of the molecule is O=P([O-])([O-])O.[Cu+2].[O-2].[Zn+2]. The summed E-state index contributed by atoms with van der Waals surface area (Å²) < 4.78 is 8.66. The summed E-state index contributed by atoms with van der Waals surface area (Å²) in [6.45, 7) is 0. The van der Waals surface area contributed by atoms with Crippen molar-refractivity contribution in [2.24, 2.45) is 0 Å². The van der Waals surface area contributed by atoms with E-state index in [1.165, 1.54) is 0 Å². The summed E-state index contributed by atoms with van der Waals surface area (Å²) in [7, 11) is -5.14. The molecule has 0 aromatic rings. The fourth-order valence-electron chi connectivity index (χ4n) is 0. The van der Waals surface area contributed by atoms with Crippen molar-refractivity contribution in [1.82, 2.24) is 0 Å². The van der Waals surface area contributed by atoms with Crippen LogP contribution >= 0.6 is 7.82 Å². The van der Waals surface area contributed by atoms with Crippen LogP contribution in [-0.2, 0) is 46.6 Å². The Morgan fingerprint density at radius 3 is 1.38 bits per heavy atom. The van der Waals surface area contributed by atoms with Crippen LogP contribution in [0.5, 0.6) is 0 Å². The standard InChI is InChI=1S/Cu.H3O4P.O.Zn/c;1-5(2,3)4;;/h;(H3,1,2,3,4);;/q+2;;-2;+2/p-2. The molecule has 49 valence electrons. The van der Waals surface area contributed by atoms with Crippen molar-refractivity contribution in [3.8, 4) is 0 Å². The molecule has 0 heterocycles. The van der Waals surface area contributed by atoms with Crippen molar-refractivity contribution in [1.29, 1.82) is 0 Å².